The monoisotopic (exact) mass is 405 g/mol. The van der Waals surface area contributed by atoms with Gasteiger partial charge in [0.1, 0.15) is 5.01 Å². The molecule has 25 heavy (non-hydrogen) atoms. The Labute approximate surface area is 156 Å². The van der Waals surface area contributed by atoms with Crippen LogP contribution in [0.1, 0.15) is 0 Å². The Balaban J connectivity index is 1.62. The van der Waals surface area contributed by atoms with Gasteiger partial charge in [-0.05, 0) is 30.0 Å². The zero-order valence-corrected chi connectivity index (χ0v) is 16.2. The van der Waals surface area contributed by atoms with Crippen LogP contribution < -0.4 is 0 Å². The third-order valence-corrected chi connectivity index (χ3v) is 7.58. The minimum absolute atomic E-state index is 0.308. The zero-order chi connectivity index (χ0) is 17.4. The number of sulfone groups is 1. The van der Waals surface area contributed by atoms with Crippen molar-refractivity contribution in [3.05, 3.63) is 48.5 Å². The van der Waals surface area contributed by atoms with Crippen molar-refractivity contribution in [1.82, 2.24) is 15.2 Å². The minimum Gasteiger partial charge on any atom is -0.229 e. The van der Waals surface area contributed by atoms with E-state index in [1.165, 1.54) is 40.7 Å². The van der Waals surface area contributed by atoms with Crippen molar-refractivity contribution in [2.45, 2.75) is 13.6 Å². The van der Waals surface area contributed by atoms with Gasteiger partial charge in [0.2, 0.25) is 0 Å². The first-order valence-electron chi connectivity index (χ1n) is 7.16. The van der Waals surface area contributed by atoms with Gasteiger partial charge in [-0.15, -0.1) is 21.5 Å². The SMILES string of the molecule is CS(=O)(=O)c1ccc2nc(Sc3nnc(-c4ccccc4)s3)sc2c1. The third-order valence-electron chi connectivity index (χ3n) is 3.37. The van der Waals surface area contributed by atoms with Crippen molar-refractivity contribution in [2.24, 2.45) is 0 Å². The van der Waals surface area contributed by atoms with Crippen LogP contribution in [0, 0.1) is 0 Å². The minimum atomic E-state index is -3.22. The fourth-order valence-electron chi connectivity index (χ4n) is 2.18. The molecule has 0 saturated carbocycles. The van der Waals surface area contributed by atoms with E-state index in [0.717, 1.165) is 29.5 Å². The molecule has 4 aromatic rings. The summed E-state index contributed by atoms with van der Waals surface area (Å²) in [6.45, 7) is 0. The lowest BCUT2D eigenvalue weighted by Gasteiger charge is -1.96. The second kappa shape index (κ2) is 6.49. The highest BCUT2D eigenvalue weighted by molar-refractivity contribution is 8.02. The molecular weight excluding hydrogens is 394 g/mol. The lowest BCUT2D eigenvalue weighted by atomic mass is 10.2. The number of hydrogen-bond donors (Lipinski definition) is 0. The van der Waals surface area contributed by atoms with E-state index in [4.69, 9.17) is 0 Å². The second-order valence-corrected chi connectivity index (χ2v) is 10.7. The zero-order valence-electron chi connectivity index (χ0n) is 12.9. The molecule has 4 rings (SSSR count). The molecule has 2 aromatic carbocycles. The van der Waals surface area contributed by atoms with Gasteiger partial charge in [0.05, 0.1) is 15.1 Å². The first-order chi connectivity index (χ1) is 12.0. The average molecular weight is 406 g/mol. The molecule has 5 nitrogen and oxygen atoms in total. The van der Waals surface area contributed by atoms with Gasteiger partial charge in [-0.3, -0.25) is 0 Å². The van der Waals surface area contributed by atoms with E-state index in [1.807, 2.05) is 30.3 Å². The molecule has 0 radical (unpaired) electrons. The number of nitrogens with zero attached hydrogens (tertiary/aromatic N) is 3. The molecule has 2 aromatic heterocycles. The van der Waals surface area contributed by atoms with Gasteiger partial charge in [0.15, 0.2) is 18.5 Å². The molecule has 126 valence electrons. The Hall–Kier alpha value is -1.81. The predicted molar refractivity (Wildman–Crippen MR) is 102 cm³/mol. The molecular formula is C16H11N3O2S4. The smallest absolute Gasteiger partial charge is 0.181 e. The summed E-state index contributed by atoms with van der Waals surface area (Å²) in [7, 11) is -3.22. The normalized spacial score (nSPS) is 11.9. The molecule has 0 unspecified atom stereocenters. The lowest BCUT2D eigenvalue weighted by Crippen LogP contribution is -1.95. The number of rotatable bonds is 4. The van der Waals surface area contributed by atoms with Crippen LogP contribution in [0.3, 0.4) is 0 Å². The van der Waals surface area contributed by atoms with E-state index >= 15 is 0 Å². The predicted octanol–water partition coefficient (Wildman–Crippen LogP) is 4.37. The van der Waals surface area contributed by atoms with Crippen LogP contribution in [0.5, 0.6) is 0 Å². The number of benzene rings is 2. The molecule has 0 aliphatic carbocycles. The topological polar surface area (TPSA) is 72.8 Å². The maximum Gasteiger partial charge on any atom is 0.181 e. The molecule has 0 N–H and O–H groups in total. The largest absolute Gasteiger partial charge is 0.229 e. The highest BCUT2D eigenvalue weighted by Crippen LogP contribution is 2.38. The van der Waals surface area contributed by atoms with Crippen LogP contribution in [0.2, 0.25) is 0 Å². The average Bonchev–Trinajstić information content (AvgIpc) is 3.20. The summed E-state index contributed by atoms with van der Waals surface area (Å²) >= 11 is 4.41. The van der Waals surface area contributed by atoms with Crippen molar-refractivity contribution < 1.29 is 8.42 Å². The highest BCUT2D eigenvalue weighted by atomic mass is 32.2. The molecule has 0 aliphatic heterocycles. The van der Waals surface area contributed by atoms with Gasteiger partial charge in [0, 0.05) is 11.8 Å². The van der Waals surface area contributed by atoms with Crippen LogP contribution in [-0.4, -0.2) is 29.9 Å². The molecule has 0 amide bonds. The number of thiazole rings is 1. The lowest BCUT2D eigenvalue weighted by molar-refractivity contribution is 0.602. The summed E-state index contributed by atoms with van der Waals surface area (Å²) in [5.41, 5.74) is 1.82. The van der Waals surface area contributed by atoms with E-state index in [0.29, 0.717) is 4.90 Å². The third kappa shape index (κ3) is 3.59. The van der Waals surface area contributed by atoms with Gasteiger partial charge in [-0.25, -0.2) is 13.4 Å². The Bertz CT molecular complexity index is 1150. The van der Waals surface area contributed by atoms with Crippen molar-refractivity contribution in [3.63, 3.8) is 0 Å². The fraction of sp³-hybridized carbons (Fsp3) is 0.0625. The molecule has 0 fully saturated rings. The van der Waals surface area contributed by atoms with Crippen LogP contribution >= 0.6 is 34.4 Å². The Morgan fingerprint density at radius 1 is 0.960 bits per heavy atom. The van der Waals surface area contributed by atoms with Gasteiger partial charge >= 0.3 is 0 Å². The molecule has 0 saturated heterocycles. The van der Waals surface area contributed by atoms with Gasteiger partial charge in [-0.2, -0.15) is 0 Å². The Morgan fingerprint density at radius 3 is 2.52 bits per heavy atom. The molecule has 2 heterocycles. The van der Waals surface area contributed by atoms with Gasteiger partial charge in [-0.1, -0.05) is 41.7 Å². The molecule has 0 bridgehead atoms. The number of aromatic nitrogens is 3. The van der Waals surface area contributed by atoms with E-state index < -0.39 is 9.84 Å². The molecule has 0 aliphatic rings. The Kier molecular flexibility index (Phi) is 4.32. The maximum atomic E-state index is 11.7. The quantitative estimate of drug-likeness (QED) is 0.502. The summed E-state index contributed by atoms with van der Waals surface area (Å²) in [6, 6.07) is 14.9. The van der Waals surface area contributed by atoms with E-state index in [1.54, 1.807) is 18.2 Å². The second-order valence-electron chi connectivity index (χ2n) is 5.22. The van der Waals surface area contributed by atoms with Crippen molar-refractivity contribution >= 4 is 54.5 Å². The first kappa shape index (κ1) is 16.6. The van der Waals surface area contributed by atoms with Crippen LogP contribution in [0.4, 0.5) is 0 Å². The van der Waals surface area contributed by atoms with Crippen LogP contribution in [0.25, 0.3) is 20.8 Å². The standard InChI is InChI=1S/C16H11N3O2S4/c1-25(20,21)11-7-8-12-13(9-11)22-15(17-12)24-16-19-18-14(23-16)10-5-3-2-4-6-10/h2-9H,1H3. The summed E-state index contributed by atoms with van der Waals surface area (Å²) in [5, 5.41) is 9.31. The fourth-order valence-corrected chi connectivity index (χ4v) is 6.07. The number of fused-ring (bicyclic) bond motifs is 1. The van der Waals surface area contributed by atoms with Crippen LogP contribution in [-0.2, 0) is 9.84 Å². The summed E-state index contributed by atoms with van der Waals surface area (Å²) in [4.78, 5) is 4.85. The van der Waals surface area contributed by atoms with Crippen LogP contribution in [0.15, 0.2) is 62.1 Å². The first-order valence-corrected chi connectivity index (χ1v) is 11.5. The van der Waals surface area contributed by atoms with Crippen molar-refractivity contribution in [1.29, 1.82) is 0 Å². The highest BCUT2D eigenvalue weighted by Gasteiger charge is 2.13. The van der Waals surface area contributed by atoms with E-state index in [9.17, 15) is 8.42 Å². The molecule has 9 heteroatoms. The Morgan fingerprint density at radius 2 is 1.76 bits per heavy atom. The van der Waals surface area contributed by atoms with Crippen molar-refractivity contribution in [3.8, 4) is 10.6 Å². The van der Waals surface area contributed by atoms with E-state index in [2.05, 4.69) is 15.2 Å². The van der Waals surface area contributed by atoms with Gasteiger partial charge < -0.3 is 0 Å². The van der Waals surface area contributed by atoms with Gasteiger partial charge in [0.25, 0.3) is 0 Å². The summed E-state index contributed by atoms with van der Waals surface area (Å²) in [5.74, 6) is 0. The number of hydrogen-bond acceptors (Lipinski definition) is 8. The maximum absolute atomic E-state index is 11.7. The molecule has 0 spiro atoms. The molecule has 0 atom stereocenters. The summed E-state index contributed by atoms with van der Waals surface area (Å²) in [6.07, 6.45) is 1.21. The van der Waals surface area contributed by atoms with E-state index in [-0.39, 0.29) is 0 Å². The summed E-state index contributed by atoms with van der Waals surface area (Å²) < 4.78 is 25.8. The van der Waals surface area contributed by atoms with Crippen molar-refractivity contribution in [2.75, 3.05) is 6.26 Å².